The normalized spacial score (nSPS) is 13.6. The second-order valence-electron chi connectivity index (χ2n) is 2.78. The molecule has 0 unspecified atom stereocenters. The highest BCUT2D eigenvalue weighted by Crippen LogP contribution is 2.26. The van der Waals surface area contributed by atoms with Crippen molar-refractivity contribution < 1.29 is 5.11 Å². The van der Waals surface area contributed by atoms with E-state index in [9.17, 15) is 9.90 Å². The summed E-state index contributed by atoms with van der Waals surface area (Å²) in [4.78, 5) is 14.0. The van der Waals surface area contributed by atoms with Crippen LogP contribution in [0.1, 0.15) is 16.8 Å². The Morgan fingerprint density at radius 3 is 3.08 bits per heavy atom. The lowest BCUT2D eigenvalue weighted by Gasteiger charge is -2.08. The molecule has 0 aromatic carbocycles. The summed E-state index contributed by atoms with van der Waals surface area (Å²) in [5, 5.41) is 9.65. The number of aromatic nitrogens is 1. The monoisotopic (exact) mass is 289 g/mol. The third kappa shape index (κ3) is 1.35. The molecule has 0 fully saturated rings. The van der Waals surface area contributed by atoms with Gasteiger partial charge in [-0.05, 0) is 21.1 Å². The molecule has 0 saturated carbocycles. The SMILES string of the molecule is Cc1c(O)c2c([nH]c1=O)C=IC=C2. The van der Waals surface area contributed by atoms with Gasteiger partial charge < -0.3 is 10.1 Å². The van der Waals surface area contributed by atoms with Crippen molar-refractivity contribution in [2.45, 2.75) is 6.92 Å². The first-order valence-corrected chi connectivity index (χ1v) is 6.27. The highest BCUT2D eigenvalue weighted by Gasteiger charge is 2.11. The summed E-state index contributed by atoms with van der Waals surface area (Å²) in [5.74, 6) is 0.106. The minimum absolute atomic E-state index is 0.0966. The highest BCUT2D eigenvalue weighted by atomic mass is 127. The Morgan fingerprint density at radius 2 is 2.31 bits per heavy atom. The maximum Gasteiger partial charge on any atom is 0.255 e. The Bertz CT molecular complexity index is 471. The second-order valence-corrected chi connectivity index (χ2v) is 4.84. The van der Waals surface area contributed by atoms with Crippen molar-refractivity contribution in [3.8, 4) is 5.75 Å². The largest absolute Gasteiger partial charge is 0.507 e. The molecule has 13 heavy (non-hydrogen) atoms. The summed E-state index contributed by atoms with van der Waals surface area (Å²) in [6.45, 7) is 1.62. The van der Waals surface area contributed by atoms with Crippen LogP contribution in [0.2, 0.25) is 0 Å². The molecular weight excluding hydrogens is 281 g/mol. The lowest BCUT2D eigenvalue weighted by atomic mass is 10.1. The van der Waals surface area contributed by atoms with Crippen molar-refractivity contribution in [2.75, 3.05) is 0 Å². The van der Waals surface area contributed by atoms with Crippen LogP contribution < -0.4 is 5.56 Å². The maximum absolute atomic E-state index is 11.3. The minimum atomic E-state index is -0.202. The number of pyridine rings is 1. The molecule has 2 heterocycles. The Kier molecular flexibility index (Phi) is 2.07. The minimum Gasteiger partial charge on any atom is -0.507 e. The number of aromatic hydroxyl groups is 1. The van der Waals surface area contributed by atoms with Gasteiger partial charge in [-0.1, -0.05) is 20.7 Å². The Labute approximate surface area is 84.9 Å². The third-order valence-corrected chi connectivity index (χ3v) is 3.72. The van der Waals surface area contributed by atoms with Crippen molar-refractivity contribution in [1.29, 1.82) is 0 Å². The number of halogens is 1. The summed E-state index contributed by atoms with van der Waals surface area (Å²) in [5.41, 5.74) is 1.69. The Balaban J connectivity index is 2.84. The van der Waals surface area contributed by atoms with Crippen LogP contribution in [0.3, 0.4) is 0 Å². The van der Waals surface area contributed by atoms with E-state index in [0.717, 1.165) is 11.3 Å². The maximum atomic E-state index is 11.3. The zero-order chi connectivity index (χ0) is 9.42. The molecule has 0 aliphatic carbocycles. The van der Waals surface area contributed by atoms with Crippen LogP contribution in [0, 0.1) is 6.92 Å². The van der Waals surface area contributed by atoms with E-state index < -0.39 is 0 Å². The van der Waals surface area contributed by atoms with Gasteiger partial charge in [-0.3, -0.25) is 4.79 Å². The first-order chi connectivity index (χ1) is 6.20. The van der Waals surface area contributed by atoms with Crippen molar-refractivity contribution in [3.05, 3.63) is 31.3 Å². The zero-order valence-electron chi connectivity index (χ0n) is 6.97. The summed E-state index contributed by atoms with van der Waals surface area (Å²) >= 11 is -0.0966. The quantitative estimate of drug-likeness (QED) is 0.711. The van der Waals surface area contributed by atoms with Gasteiger partial charge in [0, 0.05) is 5.56 Å². The van der Waals surface area contributed by atoms with E-state index in [4.69, 9.17) is 0 Å². The topological polar surface area (TPSA) is 53.1 Å². The van der Waals surface area contributed by atoms with Crippen LogP contribution >= 0.6 is 20.7 Å². The summed E-state index contributed by atoms with van der Waals surface area (Å²) in [6.07, 6.45) is 1.88. The van der Waals surface area contributed by atoms with Gasteiger partial charge in [0.1, 0.15) is 5.75 Å². The standard InChI is InChI=1S/C9H8INO2/c1-5-8(12)6-2-3-10-4-7(6)11-9(5)13/h2-4H,1H3,(H2,11,12,13). The number of H-pyrrole nitrogens is 1. The molecule has 3 nitrogen and oxygen atoms in total. The van der Waals surface area contributed by atoms with Crippen molar-refractivity contribution in [1.82, 2.24) is 4.98 Å². The predicted octanol–water partition coefficient (Wildman–Crippen LogP) is 1.49. The van der Waals surface area contributed by atoms with Crippen LogP contribution in [0.5, 0.6) is 5.75 Å². The molecule has 0 amide bonds. The lowest BCUT2D eigenvalue weighted by Crippen LogP contribution is -2.13. The fraction of sp³-hybridized carbons (Fsp3) is 0.111. The van der Waals surface area contributed by atoms with Gasteiger partial charge in [-0.15, -0.1) is 0 Å². The van der Waals surface area contributed by atoms with Crippen molar-refractivity contribution >= 4 is 30.8 Å². The molecule has 1 aromatic rings. The average molecular weight is 289 g/mol. The van der Waals surface area contributed by atoms with Crippen LogP contribution in [-0.4, -0.2) is 14.1 Å². The fourth-order valence-corrected chi connectivity index (χ4v) is 2.80. The number of aromatic amines is 1. The molecule has 68 valence electrons. The van der Waals surface area contributed by atoms with Gasteiger partial charge in [0.15, 0.2) is 0 Å². The number of nitrogens with one attached hydrogen (secondary N) is 1. The van der Waals surface area contributed by atoms with Gasteiger partial charge in [0.25, 0.3) is 5.56 Å². The molecule has 2 rings (SSSR count). The van der Waals surface area contributed by atoms with Gasteiger partial charge >= 0.3 is 0 Å². The van der Waals surface area contributed by atoms with Crippen LogP contribution in [0.15, 0.2) is 8.88 Å². The highest BCUT2D eigenvalue weighted by molar-refractivity contribution is 14.2. The molecular formula is C9H8INO2. The van der Waals surface area contributed by atoms with E-state index in [1.807, 2.05) is 10.1 Å². The van der Waals surface area contributed by atoms with Crippen molar-refractivity contribution in [3.63, 3.8) is 0 Å². The molecule has 1 aliphatic rings. The van der Waals surface area contributed by atoms with Gasteiger partial charge in [-0.25, -0.2) is 0 Å². The first-order valence-electron chi connectivity index (χ1n) is 3.77. The van der Waals surface area contributed by atoms with E-state index in [-0.39, 0.29) is 32.0 Å². The third-order valence-electron chi connectivity index (χ3n) is 1.96. The molecule has 2 N–H and O–H groups in total. The van der Waals surface area contributed by atoms with Gasteiger partial charge in [0.2, 0.25) is 0 Å². The van der Waals surface area contributed by atoms with Gasteiger partial charge in [0.05, 0.1) is 11.3 Å². The van der Waals surface area contributed by atoms with E-state index in [2.05, 4.69) is 9.07 Å². The van der Waals surface area contributed by atoms with E-state index in [0.29, 0.717) is 5.56 Å². The predicted molar refractivity (Wildman–Crippen MR) is 61.7 cm³/mol. The molecule has 0 spiro atoms. The lowest BCUT2D eigenvalue weighted by molar-refractivity contribution is 0.467. The fourth-order valence-electron chi connectivity index (χ4n) is 1.17. The second kappa shape index (κ2) is 3.10. The van der Waals surface area contributed by atoms with Crippen molar-refractivity contribution in [2.24, 2.45) is 0 Å². The van der Waals surface area contributed by atoms with Crippen LogP contribution in [0.4, 0.5) is 0 Å². The van der Waals surface area contributed by atoms with E-state index >= 15 is 0 Å². The summed E-state index contributed by atoms with van der Waals surface area (Å²) < 4.78 is 4.05. The molecule has 0 radical (unpaired) electrons. The number of rotatable bonds is 0. The molecule has 0 atom stereocenters. The first kappa shape index (κ1) is 8.68. The molecule has 1 aliphatic heterocycles. The van der Waals surface area contributed by atoms with Crippen LogP contribution in [0.25, 0.3) is 6.08 Å². The van der Waals surface area contributed by atoms with Gasteiger partial charge in [-0.2, -0.15) is 0 Å². The zero-order valence-corrected chi connectivity index (χ0v) is 9.12. The van der Waals surface area contributed by atoms with E-state index in [1.165, 1.54) is 0 Å². The molecule has 4 heteroatoms. The summed E-state index contributed by atoms with van der Waals surface area (Å²) in [7, 11) is 0. The number of hydrogen-bond donors (Lipinski definition) is 2. The average Bonchev–Trinajstić information content (AvgIpc) is 2.15. The molecule has 0 bridgehead atoms. The van der Waals surface area contributed by atoms with E-state index in [1.54, 1.807) is 6.92 Å². The Morgan fingerprint density at radius 1 is 1.54 bits per heavy atom. The number of hydrogen-bond acceptors (Lipinski definition) is 2. The van der Waals surface area contributed by atoms with Crippen LogP contribution in [-0.2, 0) is 0 Å². The molecule has 1 aromatic heterocycles. The Hall–Kier alpha value is -0.910. The smallest absolute Gasteiger partial charge is 0.255 e. The summed E-state index contributed by atoms with van der Waals surface area (Å²) in [6, 6.07) is 0. The molecule has 0 saturated heterocycles. The number of fused-ring (bicyclic) bond motifs is 1.